The summed E-state index contributed by atoms with van der Waals surface area (Å²) in [5.41, 5.74) is 0.932. The molecule has 0 saturated heterocycles. The first-order valence-electron chi connectivity index (χ1n) is 6.42. The molecule has 116 valence electrons. The van der Waals surface area contributed by atoms with E-state index in [-0.39, 0.29) is 6.54 Å². The number of nitriles is 1. The van der Waals surface area contributed by atoms with Crippen molar-refractivity contribution in [3.63, 3.8) is 0 Å². The molecule has 5 nitrogen and oxygen atoms in total. The molecule has 0 amide bonds. The lowest BCUT2D eigenvalue weighted by Crippen LogP contribution is -2.28. The SMILES string of the molecule is Cc1ccc(S(=O)(=O)NCCNc2c(Cl)cccc2C#N)s1. The summed E-state index contributed by atoms with van der Waals surface area (Å²) in [7, 11) is -3.49. The van der Waals surface area contributed by atoms with Crippen LogP contribution >= 0.6 is 22.9 Å². The van der Waals surface area contributed by atoms with Crippen LogP contribution in [0.2, 0.25) is 5.02 Å². The van der Waals surface area contributed by atoms with Crippen LogP contribution in [0.1, 0.15) is 10.4 Å². The minimum atomic E-state index is -3.49. The van der Waals surface area contributed by atoms with Crippen molar-refractivity contribution in [3.8, 4) is 6.07 Å². The van der Waals surface area contributed by atoms with Gasteiger partial charge in [0.25, 0.3) is 0 Å². The molecule has 2 aromatic rings. The molecule has 0 spiro atoms. The minimum Gasteiger partial charge on any atom is -0.381 e. The molecule has 2 rings (SSSR count). The molecule has 0 saturated carbocycles. The zero-order valence-corrected chi connectivity index (χ0v) is 14.1. The van der Waals surface area contributed by atoms with Crippen molar-refractivity contribution in [3.05, 3.63) is 45.8 Å². The number of aryl methyl sites for hydroxylation is 1. The third kappa shape index (κ3) is 3.99. The van der Waals surface area contributed by atoms with Crippen molar-refractivity contribution in [1.82, 2.24) is 4.72 Å². The number of halogens is 1. The second-order valence-electron chi connectivity index (χ2n) is 4.46. The fraction of sp³-hybridized carbons (Fsp3) is 0.214. The molecular formula is C14H14ClN3O2S2. The largest absolute Gasteiger partial charge is 0.381 e. The molecule has 0 bridgehead atoms. The number of para-hydroxylation sites is 1. The molecule has 1 aromatic carbocycles. The Hall–Kier alpha value is -1.59. The average molecular weight is 356 g/mol. The molecule has 0 unspecified atom stereocenters. The van der Waals surface area contributed by atoms with Gasteiger partial charge >= 0.3 is 0 Å². The number of hydrogen-bond donors (Lipinski definition) is 2. The van der Waals surface area contributed by atoms with Gasteiger partial charge in [0.2, 0.25) is 10.0 Å². The Bertz CT molecular complexity index is 810. The summed E-state index contributed by atoms with van der Waals surface area (Å²) in [4.78, 5) is 0.938. The van der Waals surface area contributed by atoms with E-state index >= 15 is 0 Å². The minimum absolute atomic E-state index is 0.190. The van der Waals surface area contributed by atoms with E-state index in [0.717, 1.165) is 4.88 Å². The van der Waals surface area contributed by atoms with E-state index in [0.29, 0.717) is 27.0 Å². The first kappa shape index (κ1) is 16.8. The Labute approximate surface area is 138 Å². The van der Waals surface area contributed by atoms with Crippen LogP contribution in [0.4, 0.5) is 5.69 Å². The summed E-state index contributed by atoms with van der Waals surface area (Å²) < 4.78 is 26.9. The van der Waals surface area contributed by atoms with Gasteiger partial charge in [0.1, 0.15) is 10.3 Å². The number of anilines is 1. The third-order valence-corrected chi connectivity index (χ3v) is 6.10. The fourth-order valence-electron chi connectivity index (χ4n) is 1.80. The lowest BCUT2D eigenvalue weighted by molar-refractivity contribution is 0.585. The van der Waals surface area contributed by atoms with E-state index in [1.807, 2.05) is 13.0 Å². The van der Waals surface area contributed by atoms with E-state index < -0.39 is 10.0 Å². The van der Waals surface area contributed by atoms with Gasteiger partial charge in [0.15, 0.2) is 0 Å². The first-order chi connectivity index (χ1) is 10.4. The molecule has 0 aliphatic rings. The molecular weight excluding hydrogens is 342 g/mol. The van der Waals surface area contributed by atoms with Gasteiger partial charge in [0, 0.05) is 18.0 Å². The Balaban J connectivity index is 1.94. The van der Waals surface area contributed by atoms with Crippen LogP contribution in [0, 0.1) is 18.3 Å². The first-order valence-corrected chi connectivity index (χ1v) is 9.10. The highest BCUT2D eigenvalue weighted by molar-refractivity contribution is 7.91. The lowest BCUT2D eigenvalue weighted by atomic mass is 10.2. The van der Waals surface area contributed by atoms with Gasteiger partial charge in [-0.15, -0.1) is 11.3 Å². The Morgan fingerprint density at radius 2 is 2.05 bits per heavy atom. The summed E-state index contributed by atoms with van der Waals surface area (Å²) >= 11 is 7.25. The zero-order chi connectivity index (χ0) is 16.2. The maximum atomic E-state index is 12.0. The smallest absolute Gasteiger partial charge is 0.250 e. The van der Waals surface area contributed by atoms with E-state index in [9.17, 15) is 8.42 Å². The summed E-state index contributed by atoms with van der Waals surface area (Å²) in [6.45, 7) is 2.36. The highest BCUT2D eigenvalue weighted by Crippen LogP contribution is 2.25. The second kappa shape index (κ2) is 7.11. The summed E-state index contributed by atoms with van der Waals surface area (Å²) in [6, 6.07) is 10.4. The molecule has 1 aromatic heterocycles. The Morgan fingerprint density at radius 1 is 1.27 bits per heavy atom. The van der Waals surface area contributed by atoms with Crippen LogP contribution in [0.25, 0.3) is 0 Å². The van der Waals surface area contributed by atoms with Crippen LogP contribution in [-0.4, -0.2) is 21.5 Å². The van der Waals surface area contributed by atoms with Crippen LogP contribution in [0.3, 0.4) is 0 Å². The van der Waals surface area contributed by atoms with Crippen LogP contribution in [-0.2, 0) is 10.0 Å². The maximum absolute atomic E-state index is 12.0. The number of nitrogens with one attached hydrogen (secondary N) is 2. The lowest BCUT2D eigenvalue weighted by Gasteiger charge is -2.10. The molecule has 0 aliphatic carbocycles. The van der Waals surface area contributed by atoms with Crippen molar-refractivity contribution >= 4 is 38.6 Å². The van der Waals surface area contributed by atoms with Gasteiger partial charge in [0.05, 0.1) is 16.3 Å². The topological polar surface area (TPSA) is 82.0 Å². The summed E-state index contributed by atoms with van der Waals surface area (Å²) in [5, 5.41) is 12.4. The molecule has 1 heterocycles. The number of rotatable bonds is 6. The van der Waals surface area contributed by atoms with Gasteiger partial charge < -0.3 is 5.32 Å². The molecule has 8 heteroatoms. The van der Waals surface area contributed by atoms with Gasteiger partial charge in [-0.05, 0) is 31.2 Å². The molecule has 0 atom stereocenters. The van der Waals surface area contributed by atoms with Crippen LogP contribution in [0.5, 0.6) is 0 Å². The molecule has 2 N–H and O–H groups in total. The van der Waals surface area contributed by atoms with E-state index in [1.54, 1.807) is 30.3 Å². The zero-order valence-electron chi connectivity index (χ0n) is 11.8. The quantitative estimate of drug-likeness (QED) is 0.780. The number of sulfonamides is 1. The third-order valence-electron chi connectivity index (χ3n) is 2.83. The average Bonchev–Trinajstić information content (AvgIpc) is 2.92. The van der Waals surface area contributed by atoms with Gasteiger partial charge in [-0.3, -0.25) is 0 Å². The van der Waals surface area contributed by atoms with Crippen molar-refractivity contribution in [2.75, 3.05) is 18.4 Å². The van der Waals surface area contributed by atoms with Crippen molar-refractivity contribution in [2.24, 2.45) is 0 Å². The van der Waals surface area contributed by atoms with Crippen LogP contribution in [0.15, 0.2) is 34.5 Å². The number of benzene rings is 1. The highest BCUT2D eigenvalue weighted by atomic mass is 35.5. The van der Waals surface area contributed by atoms with Gasteiger partial charge in [-0.2, -0.15) is 5.26 Å². The fourth-order valence-corrected chi connectivity index (χ4v) is 4.40. The predicted molar refractivity (Wildman–Crippen MR) is 88.9 cm³/mol. The molecule has 22 heavy (non-hydrogen) atoms. The molecule has 0 radical (unpaired) electrons. The van der Waals surface area contributed by atoms with E-state index in [1.165, 1.54) is 11.3 Å². The van der Waals surface area contributed by atoms with E-state index in [2.05, 4.69) is 10.0 Å². The van der Waals surface area contributed by atoms with Crippen molar-refractivity contribution in [1.29, 1.82) is 5.26 Å². The van der Waals surface area contributed by atoms with Gasteiger partial charge in [-0.25, -0.2) is 13.1 Å². The summed E-state index contributed by atoms with van der Waals surface area (Å²) in [5.74, 6) is 0. The Kier molecular flexibility index (Phi) is 5.42. The standard InChI is InChI=1S/C14H14ClN3O2S2/c1-10-5-6-13(21-10)22(19,20)18-8-7-17-14-11(9-16)3-2-4-12(14)15/h2-6,17-18H,7-8H2,1H3. The number of thiophene rings is 1. The Morgan fingerprint density at radius 3 is 2.68 bits per heavy atom. The highest BCUT2D eigenvalue weighted by Gasteiger charge is 2.15. The van der Waals surface area contributed by atoms with Crippen LogP contribution < -0.4 is 10.0 Å². The summed E-state index contributed by atoms with van der Waals surface area (Å²) in [6.07, 6.45) is 0. The molecule has 0 fully saturated rings. The second-order valence-corrected chi connectivity index (χ2v) is 8.15. The van der Waals surface area contributed by atoms with Crippen molar-refractivity contribution < 1.29 is 8.42 Å². The number of hydrogen-bond acceptors (Lipinski definition) is 5. The van der Waals surface area contributed by atoms with Crippen molar-refractivity contribution in [2.45, 2.75) is 11.1 Å². The van der Waals surface area contributed by atoms with Gasteiger partial charge in [-0.1, -0.05) is 17.7 Å². The monoisotopic (exact) mass is 355 g/mol. The molecule has 0 aliphatic heterocycles. The normalized spacial score (nSPS) is 11.1. The number of nitrogens with zero attached hydrogens (tertiary/aromatic N) is 1. The van der Waals surface area contributed by atoms with E-state index in [4.69, 9.17) is 16.9 Å². The maximum Gasteiger partial charge on any atom is 0.250 e. The predicted octanol–water partition coefficient (Wildman–Crippen LogP) is 2.97.